The number of alkyl halides is 2. The Labute approximate surface area is 166 Å². The van der Waals surface area contributed by atoms with Crippen molar-refractivity contribution in [2.75, 3.05) is 6.54 Å². The summed E-state index contributed by atoms with van der Waals surface area (Å²) in [7, 11) is 0. The maximum Gasteiger partial charge on any atom is 0.387 e. The van der Waals surface area contributed by atoms with Crippen molar-refractivity contribution >= 4 is 16.9 Å². The molecule has 0 aliphatic carbocycles. The van der Waals surface area contributed by atoms with Gasteiger partial charge in [-0.05, 0) is 43.2 Å². The Morgan fingerprint density at radius 1 is 1.07 bits per heavy atom. The second kappa shape index (κ2) is 9.36. The van der Waals surface area contributed by atoms with Gasteiger partial charge in [0.25, 0.3) is 0 Å². The van der Waals surface area contributed by atoms with Crippen LogP contribution in [0.1, 0.15) is 18.9 Å². The molecule has 29 heavy (non-hydrogen) atoms. The molecule has 0 aliphatic heterocycles. The van der Waals surface area contributed by atoms with Crippen LogP contribution in [0.5, 0.6) is 5.75 Å². The van der Waals surface area contributed by atoms with E-state index in [1.807, 2.05) is 31.2 Å². The molecule has 8 heteroatoms. The Kier molecular flexibility index (Phi) is 6.64. The molecule has 0 atom stereocenters. The van der Waals surface area contributed by atoms with Crippen molar-refractivity contribution in [1.29, 1.82) is 0 Å². The zero-order chi connectivity index (χ0) is 20.8. The van der Waals surface area contributed by atoms with E-state index >= 15 is 0 Å². The average molecular weight is 403 g/mol. The number of hydrogen-bond donors (Lipinski definition) is 1. The minimum Gasteiger partial charge on any atom is -0.435 e. The maximum absolute atomic E-state index is 12.6. The largest absolute Gasteiger partial charge is 0.435 e. The Hall–Kier alpha value is -3.16. The normalized spacial score (nSPS) is 11.2. The summed E-state index contributed by atoms with van der Waals surface area (Å²) in [6.07, 6.45) is 0.759. The first-order valence-corrected chi connectivity index (χ1v) is 9.48. The van der Waals surface area contributed by atoms with E-state index in [2.05, 4.69) is 10.1 Å². The van der Waals surface area contributed by atoms with Gasteiger partial charge in [0.1, 0.15) is 5.75 Å². The number of halogens is 2. The van der Waals surface area contributed by atoms with E-state index in [-0.39, 0.29) is 23.8 Å². The molecular formula is C21H23F2N3O3. The van der Waals surface area contributed by atoms with Crippen LogP contribution in [0.15, 0.2) is 53.3 Å². The van der Waals surface area contributed by atoms with Gasteiger partial charge in [-0.3, -0.25) is 13.9 Å². The minimum atomic E-state index is -2.85. The van der Waals surface area contributed by atoms with Crippen molar-refractivity contribution in [2.45, 2.75) is 39.5 Å². The number of carbonyl (C=O) groups is 1. The average Bonchev–Trinajstić information content (AvgIpc) is 2.98. The summed E-state index contributed by atoms with van der Waals surface area (Å²) in [6.45, 7) is 0.354. The summed E-state index contributed by atoms with van der Waals surface area (Å²) in [5, 5.41) is 2.82. The number of aromatic nitrogens is 2. The number of nitrogens with zero attached hydrogens (tertiary/aromatic N) is 2. The Bertz CT molecular complexity index is 1030. The summed E-state index contributed by atoms with van der Waals surface area (Å²) < 4.78 is 31.9. The van der Waals surface area contributed by atoms with Crippen LogP contribution in [-0.2, 0) is 24.3 Å². The first-order valence-electron chi connectivity index (χ1n) is 9.48. The van der Waals surface area contributed by atoms with Crippen LogP contribution < -0.4 is 15.7 Å². The highest BCUT2D eigenvalue weighted by molar-refractivity contribution is 5.78. The number of fused-ring (bicyclic) bond motifs is 1. The number of aryl methyl sites for hydroxylation is 2. The molecule has 2 aromatic carbocycles. The SMILES string of the molecule is CCn1c(=O)n(CCC(=O)NCCc2ccc(OC(F)F)cc2)c2ccccc21. The van der Waals surface area contributed by atoms with Gasteiger partial charge < -0.3 is 10.1 Å². The van der Waals surface area contributed by atoms with Gasteiger partial charge in [0, 0.05) is 26.1 Å². The zero-order valence-electron chi connectivity index (χ0n) is 16.1. The van der Waals surface area contributed by atoms with E-state index < -0.39 is 6.61 Å². The minimum absolute atomic E-state index is 0.101. The molecule has 3 rings (SSSR count). The van der Waals surface area contributed by atoms with Crippen molar-refractivity contribution in [1.82, 2.24) is 14.5 Å². The first-order chi connectivity index (χ1) is 14.0. The highest BCUT2D eigenvalue weighted by Gasteiger charge is 2.12. The molecule has 0 spiro atoms. The van der Waals surface area contributed by atoms with E-state index in [0.717, 1.165) is 16.6 Å². The van der Waals surface area contributed by atoms with Crippen LogP contribution in [-0.4, -0.2) is 28.2 Å². The molecule has 1 amide bonds. The van der Waals surface area contributed by atoms with Crippen molar-refractivity contribution in [3.63, 3.8) is 0 Å². The molecule has 0 bridgehead atoms. The number of rotatable bonds is 9. The summed E-state index contributed by atoms with van der Waals surface area (Å²) in [6, 6.07) is 13.8. The second-order valence-corrected chi connectivity index (χ2v) is 6.54. The molecular weight excluding hydrogens is 380 g/mol. The molecule has 0 saturated heterocycles. The highest BCUT2D eigenvalue weighted by Crippen LogP contribution is 2.15. The second-order valence-electron chi connectivity index (χ2n) is 6.54. The summed E-state index contributed by atoms with van der Waals surface area (Å²) in [4.78, 5) is 24.7. The molecule has 1 heterocycles. The maximum atomic E-state index is 12.6. The van der Waals surface area contributed by atoms with Gasteiger partial charge in [0.05, 0.1) is 11.0 Å². The summed E-state index contributed by atoms with van der Waals surface area (Å²) >= 11 is 0. The van der Waals surface area contributed by atoms with E-state index in [1.54, 1.807) is 21.3 Å². The summed E-state index contributed by atoms with van der Waals surface area (Å²) in [5.41, 5.74) is 2.46. The molecule has 1 N–H and O–H groups in total. The topological polar surface area (TPSA) is 65.3 Å². The lowest BCUT2D eigenvalue weighted by Crippen LogP contribution is -2.29. The smallest absolute Gasteiger partial charge is 0.387 e. The van der Waals surface area contributed by atoms with Crippen molar-refractivity contribution in [2.24, 2.45) is 0 Å². The van der Waals surface area contributed by atoms with Crippen molar-refractivity contribution in [3.05, 3.63) is 64.6 Å². The lowest BCUT2D eigenvalue weighted by Gasteiger charge is -2.08. The fraction of sp³-hybridized carbons (Fsp3) is 0.333. The lowest BCUT2D eigenvalue weighted by molar-refractivity contribution is -0.121. The van der Waals surface area contributed by atoms with Gasteiger partial charge in [0.15, 0.2) is 0 Å². The third kappa shape index (κ3) is 5.01. The van der Waals surface area contributed by atoms with Crippen molar-refractivity contribution in [3.8, 4) is 5.75 Å². The summed E-state index contributed by atoms with van der Waals surface area (Å²) in [5.74, 6) is -0.0487. The predicted molar refractivity (Wildman–Crippen MR) is 106 cm³/mol. The van der Waals surface area contributed by atoms with Crippen LogP contribution in [0.4, 0.5) is 8.78 Å². The predicted octanol–water partition coefficient (Wildman–Crippen LogP) is 3.17. The van der Waals surface area contributed by atoms with Crippen LogP contribution in [0.2, 0.25) is 0 Å². The molecule has 0 radical (unpaired) electrons. The molecule has 0 saturated carbocycles. The fourth-order valence-corrected chi connectivity index (χ4v) is 3.28. The van der Waals surface area contributed by atoms with E-state index in [1.165, 1.54) is 12.1 Å². The Balaban J connectivity index is 1.51. The quantitative estimate of drug-likeness (QED) is 0.597. The molecule has 0 aliphatic rings. The molecule has 0 unspecified atom stereocenters. The third-order valence-corrected chi connectivity index (χ3v) is 4.69. The van der Waals surface area contributed by atoms with Crippen molar-refractivity contribution < 1.29 is 18.3 Å². The van der Waals surface area contributed by atoms with Gasteiger partial charge in [0.2, 0.25) is 5.91 Å². The van der Waals surface area contributed by atoms with Gasteiger partial charge in [-0.1, -0.05) is 24.3 Å². The number of para-hydroxylation sites is 2. The molecule has 1 aromatic heterocycles. The number of hydrogen-bond acceptors (Lipinski definition) is 3. The van der Waals surface area contributed by atoms with Gasteiger partial charge in [-0.15, -0.1) is 0 Å². The molecule has 6 nitrogen and oxygen atoms in total. The number of nitrogens with one attached hydrogen (secondary N) is 1. The number of amides is 1. The monoisotopic (exact) mass is 403 g/mol. The number of carbonyl (C=O) groups excluding carboxylic acids is 1. The van der Waals surface area contributed by atoms with Crippen LogP contribution in [0, 0.1) is 0 Å². The standard InChI is InChI=1S/C21H23F2N3O3/c1-2-25-17-5-3-4-6-18(17)26(21(25)28)14-12-19(27)24-13-11-15-7-9-16(10-8-15)29-20(22)23/h3-10,20H,2,11-14H2,1H3,(H,24,27). The Morgan fingerprint density at radius 2 is 1.72 bits per heavy atom. The molecule has 0 fully saturated rings. The number of benzene rings is 2. The highest BCUT2D eigenvalue weighted by atomic mass is 19.3. The third-order valence-electron chi connectivity index (χ3n) is 4.69. The van der Waals surface area contributed by atoms with Crippen LogP contribution in [0.3, 0.4) is 0 Å². The van der Waals surface area contributed by atoms with Crippen LogP contribution in [0.25, 0.3) is 11.0 Å². The number of ether oxygens (including phenoxy) is 1. The van der Waals surface area contributed by atoms with E-state index in [9.17, 15) is 18.4 Å². The van der Waals surface area contributed by atoms with E-state index in [4.69, 9.17) is 0 Å². The zero-order valence-corrected chi connectivity index (χ0v) is 16.1. The fourth-order valence-electron chi connectivity index (χ4n) is 3.28. The van der Waals surface area contributed by atoms with E-state index in [0.29, 0.717) is 26.1 Å². The lowest BCUT2D eigenvalue weighted by atomic mass is 10.1. The Morgan fingerprint density at radius 3 is 2.34 bits per heavy atom. The van der Waals surface area contributed by atoms with Gasteiger partial charge in [-0.25, -0.2) is 4.79 Å². The molecule has 154 valence electrons. The van der Waals surface area contributed by atoms with Gasteiger partial charge in [-0.2, -0.15) is 8.78 Å². The molecule has 3 aromatic rings. The van der Waals surface area contributed by atoms with Gasteiger partial charge >= 0.3 is 12.3 Å². The first kappa shape index (κ1) is 20.6. The number of imidazole rings is 1. The van der Waals surface area contributed by atoms with Crippen LogP contribution >= 0.6 is 0 Å².